The maximum atomic E-state index is 11.6. The molecule has 2 unspecified atom stereocenters. The Morgan fingerprint density at radius 2 is 2.32 bits per heavy atom. The number of nitrogens with one attached hydrogen (secondary N) is 2. The highest BCUT2D eigenvalue weighted by Gasteiger charge is 2.32. The van der Waals surface area contributed by atoms with Crippen LogP contribution >= 0.6 is 0 Å². The van der Waals surface area contributed by atoms with Gasteiger partial charge in [-0.25, -0.2) is 9.48 Å². The number of amides is 2. The number of carboxylic acids is 1. The van der Waals surface area contributed by atoms with Crippen molar-refractivity contribution in [1.29, 1.82) is 0 Å². The molecular weight excluding hydrogens is 250 g/mol. The number of carbonyl (C=O) groups is 2. The predicted molar refractivity (Wildman–Crippen MR) is 66.5 cm³/mol. The molecule has 0 aliphatic heterocycles. The number of aryl methyl sites for hydroxylation is 1. The Kier molecular flexibility index (Phi) is 3.98. The van der Waals surface area contributed by atoms with Crippen LogP contribution in [0.2, 0.25) is 0 Å². The fourth-order valence-electron chi connectivity index (χ4n) is 2.39. The van der Waals surface area contributed by atoms with Crippen molar-refractivity contribution in [1.82, 2.24) is 20.1 Å². The van der Waals surface area contributed by atoms with Crippen molar-refractivity contribution in [2.24, 2.45) is 18.9 Å². The summed E-state index contributed by atoms with van der Waals surface area (Å²) >= 11 is 0. The van der Waals surface area contributed by atoms with Gasteiger partial charge >= 0.3 is 12.0 Å². The molecule has 0 bridgehead atoms. The van der Waals surface area contributed by atoms with Crippen LogP contribution in [0.5, 0.6) is 0 Å². The highest BCUT2D eigenvalue weighted by molar-refractivity contribution is 5.87. The van der Waals surface area contributed by atoms with Crippen molar-refractivity contribution in [2.45, 2.75) is 19.3 Å². The number of aromatic nitrogens is 3. The Balaban J connectivity index is 1.80. The van der Waals surface area contributed by atoms with E-state index in [1.54, 1.807) is 7.05 Å². The van der Waals surface area contributed by atoms with E-state index in [1.165, 1.54) is 11.0 Å². The van der Waals surface area contributed by atoms with Gasteiger partial charge in [-0.15, -0.1) is 0 Å². The first kappa shape index (κ1) is 13.3. The van der Waals surface area contributed by atoms with Gasteiger partial charge in [0.15, 0.2) is 0 Å². The molecule has 1 heterocycles. The molecule has 0 saturated heterocycles. The average molecular weight is 267 g/mol. The van der Waals surface area contributed by atoms with E-state index in [2.05, 4.69) is 20.7 Å². The van der Waals surface area contributed by atoms with Gasteiger partial charge in [0.1, 0.15) is 6.33 Å². The highest BCUT2D eigenvalue weighted by Crippen LogP contribution is 2.31. The molecule has 1 aliphatic rings. The van der Waals surface area contributed by atoms with E-state index < -0.39 is 12.0 Å². The smallest absolute Gasteiger partial charge is 0.321 e. The standard InChI is InChI=1S/C11H17N5O3/c1-16-10(13-6-14-16)15-11(19)12-5-7-3-2-4-8(7)9(17)18/h6-8H,2-5H2,1H3,(H,17,18)(H2,12,13,14,15,19). The number of rotatable bonds is 4. The number of carboxylic acid groups (broad SMARTS) is 1. The Morgan fingerprint density at radius 1 is 1.53 bits per heavy atom. The van der Waals surface area contributed by atoms with E-state index in [0.717, 1.165) is 12.8 Å². The average Bonchev–Trinajstić information content (AvgIpc) is 2.96. The van der Waals surface area contributed by atoms with Gasteiger partial charge in [0.25, 0.3) is 0 Å². The first-order valence-electron chi connectivity index (χ1n) is 6.19. The summed E-state index contributed by atoms with van der Waals surface area (Å²) < 4.78 is 1.44. The van der Waals surface area contributed by atoms with Gasteiger partial charge < -0.3 is 10.4 Å². The van der Waals surface area contributed by atoms with Crippen LogP contribution in [0, 0.1) is 11.8 Å². The summed E-state index contributed by atoms with van der Waals surface area (Å²) in [6.07, 6.45) is 3.76. The van der Waals surface area contributed by atoms with Gasteiger partial charge in [0.2, 0.25) is 5.95 Å². The van der Waals surface area contributed by atoms with Crippen molar-refractivity contribution in [3.05, 3.63) is 6.33 Å². The van der Waals surface area contributed by atoms with Gasteiger partial charge in [0, 0.05) is 13.6 Å². The monoisotopic (exact) mass is 267 g/mol. The number of nitrogens with zero attached hydrogens (tertiary/aromatic N) is 3. The second-order valence-electron chi connectivity index (χ2n) is 4.68. The number of anilines is 1. The third-order valence-corrected chi connectivity index (χ3v) is 3.44. The molecule has 1 fully saturated rings. The van der Waals surface area contributed by atoms with Crippen LogP contribution in [0.25, 0.3) is 0 Å². The van der Waals surface area contributed by atoms with Crippen molar-refractivity contribution in [2.75, 3.05) is 11.9 Å². The first-order chi connectivity index (χ1) is 9.08. The van der Waals surface area contributed by atoms with Crippen LogP contribution in [0.4, 0.5) is 10.7 Å². The zero-order chi connectivity index (χ0) is 13.8. The highest BCUT2D eigenvalue weighted by atomic mass is 16.4. The number of carbonyl (C=O) groups excluding carboxylic acids is 1. The molecule has 2 rings (SSSR count). The van der Waals surface area contributed by atoms with E-state index in [-0.39, 0.29) is 11.8 Å². The topological polar surface area (TPSA) is 109 Å². The fourth-order valence-corrected chi connectivity index (χ4v) is 2.39. The number of hydrogen-bond acceptors (Lipinski definition) is 4. The minimum atomic E-state index is -0.780. The molecule has 0 spiro atoms. The van der Waals surface area contributed by atoms with E-state index in [0.29, 0.717) is 18.9 Å². The van der Waals surface area contributed by atoms with E-state index in [4.69, 9.17) is 5.11 Å². The molecule has 8 heteroatoms. The Hall–Kier alpha value is -2.12. The van der Waals surface area contributed by atoms with Crippen LogP contribution in [-0.2, 0) is 11.8 Å². The molecule has 0 radical (unpaired) electrons. The molecule has 1 aromatic heterocycles. The Labute approximate surface area is 110 Å². The largest absolute Gasteiger partial charge is 0.481 e. The summed E-state index contributed by atoms with van der Waals surface area (Å²) in [6, 6.07) is -0.396. The summed E-state index contributed by atoms with van der Waals surface area (Å²) in [6.45, 7) is 0.362. The van der Waals surface area contributed by atoms with Crippen molar-refractivity contribution < 1.29 is 14.7 Å². The van der Waals surface area contributed by atoms with Gasteiger partial charge in [-0.3, -0.25) is 10.1 Å². The van der Waals surface area contributed by atoms with Crippen LogP contribution in [0.3, 0.4) is 0 Å². The normalized spacial score (nSPS) is 22.2. The second kappa shape index (κ2) is 5.68. The second-order valence-corrected chi connectivity index (χ2v) is 4.68. The van der Waals surface area contributed by atoms with Crippen molar-refractivity contribution in [3.8, 4) is 0 Å². The van der Waals surface area contributed by atoms with Crippen molar-refractivity contribution in [3.63, 3.8) is 0 Å². The minimum Gasteiger partial charge on any atom is -0.481 e. The lowest BCUT2D eigenvalue weighted by Gasteiger charge is -2.16. The Morgan fingerprint density at radius 3 is 2.95 bits per heavy atom. The summed E-state index contributed by atoms with van der Waals surface area (Å²) in [4.78, 5) is 26.5. The lowest BCUT2D eigenvalue weighted by atomic mass is 9.96. The van der Waals surface area contributed by atoms with Crippen LogP contribution in [0.1, 0.15) is 19.3 Å². The molecule has 2 atom stereocenters. The summed E-state index contributed by atoms with van der Waals surface area (Å²) in [5, 5.41) is 18.1. The zero-order valence-corrected chi connectivity index (χ0v) is 10.7. The van der Waals surface area contributed by atoms with Crippen molar-refractivity contribution >= 4 is 17.9 Å². The van der Waals surface area contributed by atoms with Gasteiger partial charge in [-0.05, 0) is 18.8 Å². The lowest BCUT2D eigenvalue weighted by molar-refractivity contribution is -0.142. The molecular formula is C11H17N5O3. The fraction of sp³-hybridized carbons (Fsp3) is 0.636. The summed E-state index contributed by atoms with van der Waals surface area (Å²) in [5.41, 5.74) is 0. The number of hydrogen-bond donors (Lipinski definition) is 3. The van der Waals surface area contributed by atoms with Gasteiger partial charge in [-0.1, -0.05) is 6.42 Å². The SMILES string of the molecule is Cn1ncnc1NC(=O)NCC1CCCC1C(=O)O. The van der Waals surface area contributed by atoms with Gasteiger partial charge in [0.05, 0.1) is 5.92 Å². The van der Waals surface area contributed by atoms with Crippen LogP contribution in [-0.4, -0.2) is 38.4 Å². The molecule has 3 N–H and O–H groups in total. The number of urea groups is 1. The molecule has 104 valence electrons. The van der Waals surface area contributed by atoms with E-state index in [1.807, 2.05) is 0 Å². The third kappa shape index (κ3) is 3.21. The van der Waals surface area contributed by atoms with E-state index >= 15 is 0 Å². The quantitative estimate of drug-likeness (QED) is 0.733. The maximum Gasteiger partial charge on any atom is 0.321 e. The van der Waals surface area contributed by atoms with Crippen LogP contribution in [0.15, 0.2) is 6.33 Å². The van der Waals surface area contributed by atoms with E-state index in [9.17, 15) is 9.59 Å². The predicted octanol–water partition coefficient (Wildman–Crippen LogP) is 0.437. The molecule has 1 saturated carbocycles. The minimum absolute atomic E-state index is 0.00254. The molecule has 19 heavy (non-hydrogen) atoms. The molecule has 0 aromatic carbocycles. The Bertz CT molecular complexity index is 473. The molecule has 1 aliphatic carbocycles. The first-order valence-corrected chi connectivity index (χ1v) is 6.19. The molecule has 2 amide bonds. The summed E-state index contributed by atoms with van der Waals surface area (Å²) in [5.74, 6) is -0.783. The van der Waals surface area contributed by atoms with Crippen LogP contribution < -0.4 is 10.6 Å². The third-order valence-electron chi connectivity index (χ3n) is 3.44. The number of aliphatic carboxylic acids is 1. The summed E-state index contributed by atoms with van der Waals surface area (Å²) in [7, 11) is 1.67. The molecule has 1 aromatic rings. The lowest BCUT2D eigenvalue weighted by Crippen LogP contribution is -2.36. The maximum absolute atomic E-state index is 11.6. The zero-order valence-electron chi connectivity index (χ0n) is 10.7. The molecule has 8 nitrogen and oxygen atoms in total. The van der Waals surface area contributed by atoms with Gasteiger partial charge in [-0.2, -0.15) is 10.1 Å².